The summed E-state index contributed by atoms with van der Waals surface area (Å²) in [7, 11) is 0. The van der Waals surface area contributed by atoms with Crippen LogP contribution in [0.3, 0.4) is 0 Å². The highest BCUT2D eigenvalue weighted by molar-refractivity contribution is 5.74. The second kappa shape index (κ2) is 4.92. The fourth-order valence-corrected chi connectivity index (χ4v) is 1.86. The van der Waals surface area contributed by atoms with E-state index in [-0.39, 0.29) is 24.0 Å². The minimum absolute atomic E-state index is 0.000880. The molecule has 0 saturated carbocycles. The lowest BCUT2D eigenvalue weighted by Gasteiger charge is -2.24. The van der Waals surface area contributed by atoms with Gasteiger partial charge in [-0.1, -0.05) is 0 Å². The van der Waals surface area contributed by atoms with E-state index in [1.54, 1.807) is 0 Å². The Morgan fingerprint density at radius 1 is 1.20 bits per heavy atom. The summed E-state index contributed by atoms with van der Waals surface area (Å²) in [6.07, 6.45) is 1.57. The molecule has 0 bridgehead atoms. The standard InChI is InChI=1S/C10H17NO4/c11-9-6-14-5-8(9)10(12)15-7-1-3-13-4-2-7/h7-9H,1-6,11H2. The van der Waals surface area contributed by atoms with Gasteiger partial charge in [-0.3, -0.25) is 4.79 Å². The van der Waals surface area contributed by atoms with Gasteiger partial charge in [0.2, 0.25) is 0 Å². The largest absolute Gasteiger partial charge is 0.462 e. The maximum atomic E-state index is 11.7. The zero-order chi connectivity index (χ0) is 10.7. The number of nitrogens with two attached hydrogens (primary N) is 1. The molecule has 2 aliphatic heterocycles. The van der Waals surface area contributed by atoms with Gasteiger partial charge >= 0.3 is 5.97 Å². The molecular formula is C10H17NO4. The molecule has 2 aliphatic rings. The SMILES string of the molecule is NC1COCC1C(=O)OC1CCOCC1. The lowest BCUT2D eigenvalue weighted by molar-refractivity contribution is -0.158. The summed E-state index contributed by atoms with van der Waals surface area (Å²) in [5.74, 6) is -0.500. The van der Waals surface area contributed by atoms with E-state index in [0.717, 1.165) is 12.8 Å². The summed E-state index contributed by atoms with van der Waals surface area (Å²) < 4.78 is 15.7. The molecule has 2 fully saturated rings. The smallest absolute Gasteiger partial charge is 0.313 e. The van der Waals surface area contributed by atoms with Gasteiger partial charge in [-0.05, 0) is 0 Å². The average molecular weight is 215 g/mol. The molecule has 0 amide bonds. The van der Waals surface area contributed by atoms with Crippen molar-refractivity contribution in [2.45, 2.75) is 25.0 Å². The summed E-state index contributed by atoms with van der Waals surface area (Å²) in [5.41, 5.74) is 5.73. The lowest BCUT2D eigenvalue weighted by Crippen LogP contribution is -2.37. The first-order chi connectivity index (χ1) is 7.27. The zero-order valence-corrected chi connectivity index (χ0v) is 8.69. The van der Waals surface area contributed by atoms with Crippen LogP contribution in [-0.2, 0) is 19.0 Å². The minimum Gasteiger partial charge on any atom is -0.462 e. The predicted molar refractivity (Wildman–Crippen MR) is 52.2 cm³/mol. The first-order valence-electron chi connectivity index (χ1n) is 5.39. The quantitative estimate of drug-likeness (QED) is 0.639. The van der Waals surface area contributed by atoms with Gasteiger partial charge in [0.15, 0.2) is 0 Å². The molecule has 2 rings (SSSR count). The van der Waals surface area contributed by atoms with Gasteiger partial charge in [-0.2, -0.15) is 0 Å². The fraction of sp³-hybridized carbons (Fsp3) is 0.900. The normalized spacial score (nSPS) is 32.9. The van der Waals surface area contributed by atoms with E-state index in [9.17, 15) is 4.79 Å². The van der Waals surface area contributed by atoms with Crippen molar-refractivity contribution in [1.29, 1.82) is 0 Å². The monoisotopic (exact) mass is 215 g/mol. The molecule has 0 aliphatic carbocycles. The molecule has 2 heterocycles. The maximum Gasteiger partial charge on any atom is 0.313 e. The van der Waals surface area contributed by atoms with E-state index < -0.39 is 0 Å². The van der Waals surface area contributed by atoms with E-state index in [0.29, 0.717) is 26.4 Å². The third kappa shape index (κ3) is 2.68. The van der Waals surface area contributed by atoms with Gasteiger partial charge in [0.1, 0.15) is 6.10 Å². The van der Waals surface area contributed by atoms with Gasteiger partial charge < -0.3 is 19.9 Å². The van der Waals surface area contributed by atoms with Crippen molar-refractivity contribution < 1.29 is 19.0 Å². The molecule has 0 aromatic carbocycles. The number of carbonyl (C=O) groups excluding carboxylic acids is 1. The maximum absolute atomic E-state index is 11.7. The number of esters is 1. The number of hydrogen-bond donors (Lipinski definition) is 1. The Bertz CT molecular complexity index is 227. The first kappa shape index (κ1) is 10.9. The molecule has 0 aromatic rings. The highest BCUT2D eigenvalue weighted by Gasteiger charge is 2.34. The van der Waals surface area contributed by atoms with Crippen molar-refractivity contribution >= 4 is 5.97 Å². The van der Waals surface area contributed by atoms with Crippen LogP contribution in [0.2, 0.25) is 0 Å². The second-order valence-electron chi connectivity index (χ2n) is 4.06. The molecule has 0 radical (unpaired) electrons. The molecule has 2 atom stereocenters. The summed E-state index contributed by atoms with van der Waals surface area (Å²) >= 11 is 0. The number of carbonyl (C=O) groups is 1. The van der Waals surface area contributed by atoms with Crippen molar-refractivity contribution in [3.05, 3.63) is 0 Å². The minimum atomic E-state index is -0.284. The first-order valence-corrected chi connectivity index (χ1v) is 5.39. The molecule has 86 valence electrons. The molecule has 5 nitrogen and oxygen atoms in total. The summed E-state index contributed by atoms with van der Waals surface area (Å²) in [6.45, 7) is 2.19. The lowest BCUT2D eigenvalue weighted by atomic mass is 10.0. The summed E-state index contributed by atoms with van der Waals surface area (Å²) in [6, 6.07) is -0.211. The number of ether oxygens (including phenoxy) is 3. The molecule has 5 heteroatoms. The molecule has 2 unspecified atom stereocenters. The van der Waals surface area contributed by atoms with E-state index in [2.05, 4.69) is 0 Å². The Labute approximate surface area is 88.9 Å². The summed E-state index contributed by atoms with van der Waals surface area (Å²) in [4.78, 5) is 11.7. The third-order valence-corrected chi connectivity index (χ3v) is 2.88. The van der Waals surface area contributed by atoms with E-state index in [1.807, 2.05) is 0 Å². The van der Waals surface area contributed by atoms with Crippen LogP contribution in [-0.4, -0.2) is 44.5 Å². The van der Waals surface area contributed by atoms with Crippen LogP contribution in [0.25, 0.3) is 0 Å². The van der Waals surface area contributed by atoms with Crippen molar-refractivity contribution in [2.75, 3.05) is 26.4 Å². The van der Waals surface area contributed by atoms with Crippen LogP contribution >= 0.6 is 0 Å². The predicted octanol–water partition coefficient (Wildman–Crippen LogP) is -0.318. The van der Waals surface area contributed by atoms with Crippen molar-refractivity contribution in [1.82, 2.24) is 0 Å². The Kier molecular flexibility index (Phi) is 3.56. The Balaban J connectivity index is 1.80. The van der Waals surface area contributed by atoms with E-state index in [1.165, 1.54) is 0 Å². The van der Waals surface area contributed by atoms with Crippen LogP contribution < -0.4 is 5.73 Å². The molecule has 15 heavy (non-hydrogen) atoms. The van der Waals surface area contributed by atoms with Gasteiger partial charge in [0.05, 0.1) is 32.3 Å². The Morgan fingerprint density at radius 2 is 1.93 bits per heavy atom. The van der Waals surface area contributed by atoms with Crippen LogP contribution in [0.4, 0.5) is 0 Å². The molecule has 2 N–H and O–H groups in total. The van der Waals surface area contributed by atoms with E-state index in [4.69, 9.17) is 19.9 Å². The van der Waals surface area contributed by atoms with Crippen LogP contribution in [0, 0.1) is 5.92 Å². The van der Waals surface area contributed by atoms with Gasteiger partial charge in [-0.25, -0.2) is 0 Å². The summed E-state index contributed by atoms with van der Waals surface area (Å²) in [5, 5.41) is 0. The van der Waals surface area contributed by atoms with Crippen LogP contribution in [0.1, 0.15) is 12.8 Å². The third-order valence-electron chi connectivity index (χ3n) is 2.88. The molecule has 0 aromatic heterocycles. The number of hydrogen-bond acceptors (Lipinski definition) is 5. The van der Waals surface area contributed by atoms with Crippen molar-refractivity contribution in [3.63, 3.8) is 0 Å². The van der Waals surface area contributed by atoms with Gasteiger partial charge in [0.25, 0.3) is 0 Å². The highest BCUT2D eigenvalue weighted by Crippen LogP contribution is 2.17. The van der Waals surface area contributed by atoms with Crippen molar-refractivity contribution in [2.24, 2.45) is 11.7 Å². The van der Waals surface area contributed by atoms with E-state index >= 15 is 0 Å². The van der Waals surface area contributed by atoms with Crippen LogP contribution in [0.5, 0.6) is 0 Å². The molecule has 0 spiro atoms. The van der Waals surface area contributed by atoms with Crippen molar-refractivity contribution in [3.8, 4) is 0 Å². The zero-order valence-electron chi connectivity index (χ0n) is 8.69. The Morgan fingerprint density at radius 3 is 2.53 bits per heavy atom. The fourth-order valence-electron chi connectivity index (χ4n) is 1.86. The van der Waals surface area contributed by atoms with Gasteiger partial charge in [0, 0.05) is 18.9 Å². The molecular weight excluding hydrogens is 198 g/mol. The molecule has 2 saturated heterocycles. The van der Waals surface area contributed by atoms with Crippen LogP contribution in [0.15, 0.2) is 0 Å². The number of rotatable bonds is 2. The van der Waals surface area contributed by atoms with Gasteiger partial charge in [-0.15, -0.1) is 0 Å². The highest BCUT2D eigenvalue weighted by atomic mass is 16.6. The Hall–Kier alpha value is -0.650. The average Bonchev–Trinajstić information content (AvgIpc) is 2.66. The second-order valence-corrected chi connectivity index (χ2v) is 4.06. The topological polar surface area (TPSA) is 70.8 Å².